The van der Waals surface area contributed by atoms with E-state index in [2.05, 4.69) is 70.7 Å². The second-order valence-electron chi connectivity index (χ2n) is 8.97. The molecule has 0 spiro atoms. The molecule has 0 bridgehead atoms. The zero-order valence-electron chi connectivity index (χ0n) is 15.4. The first-order valence-electron chi connectivity index (χ1n) is 7.80. The normalized spacial score (nSPS) is 12.7. The Morgan fingerprint density at radius 1 is 1.09 bits per heavy atom. The van der Waals surface area contributed by atoms with Gasteiger partial charge in [0.15, 0.2) is 0 Å². The van der Waals surface area contributed by atoms with Crippen molar-refractivity contribution in [1.29, 1.82) is 0 Å². The average molecular weight is 318 g/mol. The highest BCUT2D eigenvalue weighted by atomic mass is 28.3. The minimum absolute atomic E-state index is 0.143. The summed E-state index contributed by atoms with van der Waals surface area (Å²) in [6.07, 6.45) is 2.68. The summed E-state index contributed by atoms with van der Waals surface area (Å²) in [6, 6.07) is 0. The van der Waals surface area contributed by atoms with Crippen molar-refractivity contribution in [1.82, 2.24) is 4.98 Å². The van der Waals surface area contributed by atoms with E-state index in [9.17, 15) is 0 Å². The summed E-state index contributed by atoms with van der Waals surface area (Å²) < 4.78 is 0. The van der Waals surface area contributed by atoms with Crippen molar-refractivity contribution < 1.29 is 0 Å². The van der Waals surface area contributed by atoms with E-state index in [1.54, 1.807) is 6.20 Å². The van der Waals surface area contributed by atoms with Gasteiger partial charge < -0.3 is 11.5 Å². The monoisotopic (exact) mass is 317 g/mol. The lowest BCUT2D eigenvalue weighted by Crippen LogP contribution is -2.28. The first-order chi connectivity index (χ1) is 9.73. The van der Waals surface area contributed by atoms with Gasteiger partial charge in [0.2, 0.25) is 0 Å². The predicted octanol–water partition coefficient (Wildman–Crippen LogP) is 4.19. The molecule has 0 aromatic carbocycles. The molecule has 0 atom stereocenters. The lowest BCUT2D eigenvalue weighted by Gasteiger charge is -2.34. The van der Waals surface area contributed by atoms with Crippen molar-refractivity contribution in [2.45, 2.75) is 66.1 Å². The molecule has 0 saturated carbocycles. The summed E-state index contributed by atoms with van der Waals surface area (Å²) >= 11 is 0. The van der Waals surface area contributed by atoms with E-state index >= 15 is 0 Å². The molecule has 4 heteroatoms. The smallest absolute Gasteiger partial charge is 0.129 e. The van der Waals surface area contributed by atoms with Gasteiger partial charge in [-0.05, 0) is 17.3 Å². The van der Waals surface area contributed by atoms with Gasteiger partial charge in [0.05, 0.1) is 11.3 Å². The van der Waals surface area contributed by atoms with Crippen molar-refractivity contribution in [2.24, 2.45) is 5.41 Å². The number of nitrogens with zero attached hydrogens (tertiary/aromatic N) is 1. The molecule has 1 heterocycles. The summed E-state index contributed by atoms with van der Waals surface area (Å²) in [7, 11) is -1.45. The van der Waals surface area contributed by atoms with E-state index in [0.29, 0.717) is 11.5 Å². The number of nitrogens with two attached hydrogens (primary N) is 2. The number of pyridine rings is 1. The van der Waals surface area contributed by atoms with E-state index in [0.717, 1.165) is 17.5 Å². The summed E-state index contributed by atoms with van der Waals surface area (Å²) in [5.41, 5.74) is 18.4. The standard InChI is InChI=1S/C18H31N3Si/c1-17(2,3)12-18(4,5)14-15(19)13(11-21-16(14)20)9-10-22(6,7)8/h11H,12H2,1-8H3,(H4,19,20,21). The Morgan fingerprint density at radius 2 is 1.64 bits per heavy atom. The largest absolute Gasteiger partial charge is 0.397 e. The molecule has 0 radical (unpaired) electrons. The number of rotatable bonds is 2. The van der Waals surface area contributed by atoms with E-state index in [4.69, 9.17) is 11.5 Å². The molecule has 0 amide bonds. The highest BCUT2D eigenvalue weighted by Crippen LogP contribution is 2.41. The quantitative estimate of drug-likeness (QED) is 0.635. The van der Waals surface area contributed by atoms with Crippen LogP contribution in [0.4, 0.5) is 11.5 Å². The molecule has 3 nitrogen and oxygen atoms in total. The minimum Gasteiger partial charge on any atom is -0.397 e. The molecule has 1 aromatic rings. The third-order valence-electron chi connectivity index (χ3n) is 3.37. The first-order valence-corrected chi connectivity index (χ1v) is 11.3. The van der Waals surface area contributed by atoms with Crippen molar-refractivity contribution in [3.63, 3.8) is 0 Å². The van der Waals surface area contributed by atoms with Crippen LogP contribution in [0.3, 0.4) is 0 Å². The number of hydrogen-bond donors (Lipinski definition) is 2. The Balaban J connectivity index is 3.40. The van der Waals surface area contributed by atoms with Crippen LogP contribution in [-0.2, 0) is 5.41 Å². The highest BCUT2D eigenvalue weighted by molar-refractivity contribution is 6.83. The van der Waals surface area contributed by atoms with E-state index in [1.165, 1.54) is 0 Å². The molecule has 0 aliphatic carbocycles. The number of nitrogen functional groups attached to an aromatic ring is 2. The van der Waals surface area contributed by atoms with Crippen molar-refractivity contribution in [2.75, 3.05) is 11.5 Å². The first kappa shape index (κ1) is 18.6. The van der Waals surface area contributed by atoms with Crippen molar-refractivity contribution in [3.8, 4) is 11.5 Å². The van der Waals surface area contributed by atoms with Crippen molar-refractivity contribution in [3.05, 3.63) is 17.3 Å². The Kier molecular flexibility index (Phi) is 5.03. The molecule has 0 aliphatic heterocycles. The summed E-state index contributed by atoms with van der Waals surface area (Å²) in [5, 5.41) is 0. The fraction of sp³-hybridized carbons (Fsp3) is 0.611. The van der Waals surface area contributed by atoms with Crippen LogP contribution in [0, 0.1) is 16.9 Å². The highest BCUT2D eigenvalue weighted by Gasteiger charge is 2.32. The molecule has 0 aliphatic rings. The van der Waals surface area contributed by atoms with Crippen LogP contribution in [0.5, 0.6) is 0 Å². The fourth-order valence-corrected chi connectivity index (χ4v) is 3.53. The Hall–Kier alpha value is -1.47. The second kappa shape index (κ2) is 5.96. The van der Waals surface area contributed by atoms with Gasteiger partial charge in [-0.2, -0.15) is 0 Å². The molecule has 4 N–H and O–H groups in total. The predicted molar refractivity (Wildman–Crippen MR) is 100 cm³/mol. The van der Waals surface area contributed by atoms with Crippen LogP contribution < -0.4 is 11.5 Å². The SMILES string of the molecule is CC(C)(C)CC(C)(C)c1c(N)ncc(C#C[Si](C)(C)C)c1N. The molecule has 0 unspecified atom stereocenters. The summed E-state index contributed by atoms with van der Waals surface area (Å²) in [4.78, 5) is 4.35. The molecule has 0 saturated heterocycles. The molecular formula is C18H31N3Si. The van der Waals surface area contributed by atoms with Gasteiger partial charge in [-0.25, -0.2) is 4.98 Å². The minimum atomic E-state index is -1.45. The Morgan fingerprint density at radius 3 is 2.09 bits per heavy atom. The van der Waals surface area contributed by atoms with Gasteiger partial charge in [0, 0.05) is 11.8 Å². The third-order valence-corrected chi connectivity index (χ3v) is 4.24. The summed E-state index contributed by atoms with van der Waals surface area (Å²) in [6.45, 7) is 17.7. The number of hydrogen-bond acceptors (Lipinski definition) is 3. The van der Waals surface area contributed by atoms with Crippen molar-refractivity contribution >= 4 is 19.6 Å². The zero-order valence-corrected chi connectivity index (χ0v) is 16.4. The van der Waals surface area contributed by atoms with Gasteiger partial charge >= 0.3 is 0 Å². The van der Waals surface area contributed by atoms with Crippen LogP contribution in [0.25, 0.3) is 0 Å². The lowest BCUT2D eigenvalue weighted by molar-refractivity contribution is 0.285. The van der Waals surface area contributed by atoms with Crippen LogP contribution in [0.1, 0.15) is 52.2 Å². The van der Waals surface area contributed by atoms with Crippen LogP contribution in [-0.4, -0.2) is 13.1 Å². The maximum absolute atomic E-state index is 6.41. The maximum atomic E-state index is 6.41. The van der Waals surface area contributed by atoms with Crippen LogP contribution in [0.2, 0.25) is 19.6 Å². The van der Waals surface area contributed by atoms with Gasteiger partial charge in [0.25, 0.3) is 0 Å². The topological polar surface area (TPSA) is 64.9 Å². The number of anilines is 2. The third kappa shape index (κ3) is 5.06. The Labute approximate surface area is 136 Å². The second-order valence-corrected chi connectivity index (χ2v) is 13.7. The van der Waals surface area contributed by atoms with Gasteiger partial charge in [-0.15, -0.1) is 5.54 Å². The number of aromatic nitrogens is 1. The maximum Gasteiger partial charge on any atom is 0.129 e. The zero-order chi connectivity index (χ0) is 17.3. The summed E-state index contributed by atoms with van der Waals surface area (Å²) in [5.74, 6) is 3.74. The molecule has 1 aromatic heterocycles. The van der Waals surface area contributed by atoms with Gasteiger partial charge in [0.1, 0.15) is 13.9 Å². The van der Waals surface area contributed by atoms with Crippen LogP contribution in [0.15, 0.2) is 6.20 Å². The molecule has 22 heavy (non-hydrogen) atoms. The lowest BCUT2D eigenvalue weighted by atomic mass is 9.71. The van der Waals surface area contributed by atoms with E-state index < -0.39 is 8.07 Å². The van der Waals surface area contributed by atoms with Gasteiger partial charge in [-0.3, -0.25) is 0 Å². The van der Waals surface area contributed by atoms with E-state index in [-0.39, 0.29) is 10.8 Å². The molecule has 122 valence electrons. The fourth-order valence-electron chi connectivity index (χ4n) is 3.02. The Bertz CT molecular complexity index is 608. The molecule has 1 rings (SSSR count). The molecular weight excluding hydrogens is 286 g/mol. The average Bonchev–Trinajstić information content (AvgIpc) is 2.22. The van der Waals surface area contributed by atoms with Crippen LogP contribution >= 0.6 is 0 Å². The van der Waals surface area contributed by atoms with Gasteiger partial charge in [-0.1, -0.05) is 60.2 Å². The van der Waals surface area contributed by atoms with E-state index in [1.807, 2.05) is 0 Å². The molecule has 0 fully saturated rings.